The number of carbonyl (C=O) groups excluding carboxylic acids is 2. The summed E-state index contributed by atoms with van der Waals surface area (Å²) in [6.45, 7) is 3.82. The van der Waals surface area contributed by atoms with Gasteiger partial charge in [-0.15, -0.1) is 0 Å². The number of aryl methyl sites for hydroxylation is 2. The number of amides is 2. The smallest absolute Gasteiger partial charge is 0.272 e. The number of nitrogens with zero attached hydrogens (tertiary/aromatic N) is 1. The molecule has 0 saturated carbocycles. The molecule has 2 heterocycles. The molecule has 1 aliphatic heterocycles. The van der Waals surface area contributed by atoms with Crippen molar-refractivity contribution in [2.24, 2.45) is 0 Å². The molecular formula is C21H24N4O4S. The van der Waals surface area contributed by atoms with Crippen LogP contribution in [0.5, 0.6) is 0 Å². The van der Waals surface area contributed by atoms with Crippen molar-refractivity contribution in [1.82, 2.24) is 14.6 Å². The van der Waals surface area contributed by atoms with Crippen LogP contribution in [0, 0.1) is 0 Å². The zero-order valence-electron chi connectivity index (χ0n) is 16.5. The number of hydrogen-bond acceptors (Lipinski definition) is 4. The molecule has 9 heteroatoms. The topological polar surface area (TPSA) is 111 Å². The van der Waals surface area contributed by atoms with Gasteiger partial charge in [-0.3, -0.25) is 9.59 Å². The number of sulfonamides is 1. The number of benzene rings is 1. The van der Waals surface area contributed by atoms with E-state index >= 15 is 0 Å². The Morgan fingerprint density at radius 1 is 1.13 bits per heavy atom. The molecule has 158 valence electrons. The largest absolute Gasteiger partial charge is 0.354 e. The Kier molecular flexibility index (Phi) is 5.48. The predicted octanol–water partition coefficient (Wildman–Crippen LogP) is 1.82. The molecule has 1 aromatic carbocycles. The van der Waals surface area contributed by atoms with Crippen molar-refractivity contribution in [3.63, 3.8) is 0 Å². The molecule has 2 amide bonds. The fourth-order valence-corrected chi connectivity index (χ4v) is 5.30. The third-order valence-electron chi connectivity index (χ3n) is 5.49. The quantitative estimate of drug-likeness (QED) is 0.610. The molecule has 30 heavy (non-hydrogen) atoms. The second-order valence-corrected chi connectivity index (χ2v) is 9.54. The number of hydrogen-bond donors (Lipinski definition) is 3. The van der Waals surface area contributed by atoms with Gasteiger partial charge in [0, 0.05) is 24.5 Å². The van der Waals surface area contributed by atoms with Gasteiger partial charge < -0.3 is 15.6 Å². The van der Waals surface area contributed by atoms with Crippen molar-refractivity contribution >= 4 is 27.5 Å². The Morgan fingerprint density at radius 3 is 2.50 bits per heavy atom. The molecule has 1 saturated heterocycles. The van der Waals surface area contributed by atoms with Gasteiger partial charge >= 0.3 is 0 Å². The molecule has 1 aliphatic carbocycles. The first-order valence-electron chi connectivity index (χ1n) is 9.92. The van der Waals surface area contributed by atoms with E-state index in [2.05, 4.69) is 22.2 Å². The van der Waals surface area contributed by atoms with E-state index < -0.39 is 10.0 Å². The molecule has 0 spiro atoms. The minimum atomic E-state index is -3.64. The molecule has 8 nitrogen and oxygen atoms in total. The fraction of sp³-hybridized carbons (Fsp3) is 0.333. The number of H-pyrrole nitrogens is 1. The van der Waals surface area contributed by atoms with E-state index in [4.69, 9.17) is 0 Å². The number of nitrogens with one attached hydrogen (secondary N) is 3. The third-order valence-corrected chi connectivity index (χ3v) is 7.33. The number of rotatable bonds is 6. The van der Waals surface area contributed by atoms with Gasteiger partial charge in [-0.05, 0) is 67.7 Å². The van der Waals surface area contributed by atoms with Crippen LogP contribution in [0.4, 0.5) is 5.69 Å². The van der Waals surface area contributed by atoms with Crippen molar-refractivity contribution in [2.45, 2.75) is 36.6 Å². The Hall–Kier alpha value is -2.91. The average molecular weight is 429 g/mol. The van der Waals surface area contributed by atoms with E-state index in [0.29, 0.717) is 11.4 Å². The van der Waals surface area contributed by atoms with E-state index in [9.17, 15) is 18.0 Å². The molecule has 3 N–H and O–H groups in total. The van der Waals surface area contributed by atoms with Crippen molar-refractivity contribution in [2.75, 3.05) is 18.4 Å². The van der Waals surface area contributed by atoms with Gasteiger partial charge in [0.05, 0.1) is 10.9 Å². The van der Waals surface area contributed by atoms with Gasteiger partial charge in [0.2, 0.25) is 15.9 Å². The van der Waals surface area contributed by atoms with Crippen LogP contribution in [0.2, 0.25) is 0 Å². The summed E-state index contributed by atoms with van der Waals surface area (Å²) in [5.74, 6) is -0.566. The lowest BCUT2D eigenvalue weighted by atomic mass is 9.98. The van der Waals surface area contributed by atoms with E-state index in [0.717, 1.165) is 37.5 Å². The van der Waals surface area contributed by atoms with Crippen LogP contribution in [0.25, 0.3) is 0 Å². The van der Waals surface area contributed by atoms with Crippen LogP contribution in [-0.2, 0) is 27.7 Å². The number of aromatic amines is 1. The second-order valence-electron chi connectivity index (χ2n) is 7.60. The van der Waals surface area contributed by atoms with Crippen molar-refractivity contribution < 1.29 is 18.0 Å². The van der Waals surface area contributed by atoms with Crippen LogP contribution in [0.15, 0.2) is 47.9 Å². The summed E-state index contributed by atoms with van der Waals surface area (Å²) in [6, 6.07) is 7.78. The zero-order valence-corrected chi connectivity index (χ0v) is 17.3. The van der Waals surface area contributed by atoms with Crippen molar-refractivity contribution in [1.29, 1.82) is 0 Å². The van der Waals surface area contributed by atoms with E-state index in [1.165, 1.54) is 22.0 Å². The Bertz CT molecular complexity index is 1060. The van der Waals surface area contributed by atoms with Gasteiger partial charge in [0.25, 0.3) is 5.91 Å². The first kappa shape index (κ1) is 20.4. The summed E-state index contributed by atoms with van der Waals surface area (Å²) in [5.41, 5.74) is 3.37. The Balaban J connectivity index is 1.38. The van der Waals surface area contributed by atoms with Crippen LogP contribution in [0.3, 0.4) is 0 Å². The second kappa shape index (κ2) is 8.08. The lowest BCUT2D eigenvalue weighted by Crippen LogP contribution is -2.60. The lowest BCUT2D eigenvalue weighted by Gasteiger charge is -2.38. The minimum absolute atomic E-state index is 0.143. The van der Waals surface area contributed by atoms with Gasteiger partial charge in [0.1, 0.15) is 5.69 Å². The highest BCUT2D eigenvalue weighted by Gasteiger charge is 2.37. The summed E-state index contributed by atoms with van der Waals surface area (Å²) in [7, 11) is -3.64. The summed E-state index contributed by atoms with van der Waals surface area (Å²) in [4.78, 5) is 27.1. The molecule has 0 atom stereocenters. The maximum atomic E-state index is 12.7. The Morgan fingerprint density at radius 2 is 1.83 bits per heavy atom. The van der Waals surface area contributed by atoms with Crippen LogP contribution in [-0.4, -0.2) is 48.7 Å². The van der Waals surface area contributed by atoms with Crippen LogP contribution >= 0.6 is 0 Å². The fourth-order valence-electron chi connectivity index (χ4n) is 3.77. The third kappa shape index (κ3) is 4.03. The van der Waals surface area contributed by atoms with Crippen LogP contribution < -0.4 is 10.6 Å². The maximum absolute atomic E-state index is 12.7. The highest BCUT2D eigenvalue weighted by molar-refractivity contribution is 7.89. The van der Waals surface area contributed by atoms with Crippen LogP contribution in [0.1, 0.15) is 34.6 Å². The molecule has 1 aromatic heterocycles. The molecule has 1 fully saturated rings. The monoisotopic (exact) mass is 428 g/mol. The first-order chi connectivity index (χ1) is 14.4. The molecule has 0 radical (unpaired) electrons. The standard InChI is InChI=1S/C21H24N4O4S/c1-2-20(26)22-16-12-25(13-16)30(28,29)17-9-7-15(8-10-17)23-21(27)19-11-14-5-3-4-6-18(14)24-19/h2,7-11,16,24H,1,3-6,12-13H2,(H,22,26)(H,23,27). The van der Waals surface area contributed by atoms with E-state index in [-0.39, 0.29) is 35.8 Å². The number of carbonyl (C=O) groups is 2. The minimum Gasteiger partial charge on any atom is -0.354 e. The summed E-state index contributed by atoms with van der Waals surface area (Å²) in [5, 5.41) is 5.47. The van der Waals surface area contributed by atoms with E-state index in [1.807, 2.05) is 6.07 Å². The van der Waals surface area contributed by atoms with Crippen molar-refractivity contribution in [3.05, 3.63) is 59.9 Å². The first-order valence-corrected chi connectivity index (χ1v) is 11.4. The molecular weight excluding hydrogens is 404 g/mol. The van der Waals surface area contributed by atoms with Gasteiger partial charge in [-0.1, -0.05) is 6.58 Å². The lowest BCUT2D eigenvalue weighted by molar-refractivity contribution is -0.117. The molecule has 0 unspecified atom stereocenters. The molecule has 4 rings (SSSR count). The SMILES string of the molecule is C=CC(=O)NC1CN(S(=O)(=O)c2ccc(NC(=O)c3cc4c([nH]3)CCCC4)cc2)C1. The number of fused-ring (bicyclic) bond motifs is 1. The Labute approximate surface area is 175 Å². The summed E-state index contributed by atoms with van der Waals surface area (Å²) >= 11 is 0. The molecule has 0 bridgehead atoms. The average Bonchev–Trinajstić information content (AvgIpc) is 3.15. The van der Waals surface area contributed by atoms with E-state index in [1.54, 1.807) is 12.1 Å². The van der Waals surface area contributed by atoms with Gasteiger partial charge in [0.15, 0.2) is 0 Å². The zero-order chi connectivity index (χ0) is 21.3. The summed E-state index contributed by atoms with van der Waals surface area (Å²) in [6.07, 6.45) is 5.37. The normalized spacial score (nSPS) is 16.9. The summed E-state index contributed by atoms with van der Waals surface area (Å²) < 4.78 is 26.7. The van der Waals surface area contributed by atoms with Gasteiger partial charge in [-0.25, -0.2) is 8.42 Å². The highest BCUT2D eigenvalue weighted by atomic mass is 32.2. The predicted molar refractivity (Wildman–Crippen MR) is 113 cm³/mol. The number of anilines is 1. The molecule has 2 aromatic rings. The molecule has 2 aliphatic rings. The highest BCUT2D eigenvalue weighted by Crippen LogP contribution is 2.24. The van der Waals surface area contributed by atoms with Gasteiger partial charge in [-0.2, -0.15) is 4.31 Å². The number of aromatic nitrogens is 1. The maximum Gasteiger partial charge on any atom is 0.272 e. The van der Waals surface area contributed by atoms with Crippen molar-refractivity contribution in [3.8, 4) is 0 Å².